The van der Waals surface area contributed by atoms with E-state index in [4.69, 9.17) is 18.9 Å². The molecule has 0 aromatic heterocycles. The number of carbonyl (C=O) groups is 2. The summed E-state index contributed by atoms with van der Waals surface area (Å²) in [6.45, 7) is 4.52. The Bertz CT molecular complexity index is 981. The number of carbonyl (C=O) groups excluding carboxylic acids is 2. The van der Waals surface area contributed by atoms with Crippen LogP contribution in [0.5, 0.6) is 23.0 Å². The molecule has 3 rings (SSSR count). The number of amides is 2. The van der Waals surface area contributed by atoms with Gasteiger partial charge in [0.1, 0.15) is 5.75 Å². The number of rotatable bonds is 8. The third-order valence-corrected chi connectivity index (χ3v) is 5.81. The van der Waals surface area contributed by atoms with Crippen molar-refractivity contribution in [1.82, 2.24) is 10.2 Å². The summed E-state index contributed by atoms with van der Waals surface area (Å²) in [7, 11) is 6.21. The highest BCUT2D eigenvalue weighted by atomic mass is 16.5. The first-order valence-electron chi connectivity index (χ1n) is 10.9. The third-order valence-electron chi connectivity index (χ3n) is 5.81. The van der Waals surface area contributed by atoms with Gasteiger partial charge in [0.2, 0.25) is 11.7 Å². The fourth-order valence-corrected chi connectivity index (χ4v) is 4.22. The molecule has 0 radical (unpaired) electrons. The average Bonchev–Trinajstić information content (AvgIpc) is 3.27. The van der Waals surface area contributed by atoms with Crippen molar-refractivity contribution in [2.45, 2.75) is 25.8 Å². The molecular weight excluding hydrogens is 424 g/mol. The van der Waals surface area contributed by atoms with E-state index in [1.54, 1.807) is 57.6 Å². The topological polar surface area (TPSA) is 86.3 Å². The lowest BCUT2D eigenvalue weighted by Gasteiger charge is -2.21. The molecule has 33 heavy (non-hydrogen) atoms. The number of hydrogen-bond donors (Lipinski definition) is 1. The maximum absolute atomic E-state index is 13.3. The minimum atomic E-state index is -0.426. The SMILES string of the molecule is COc1cccc(C(=O)N2C[C@H](C(=O)NC(C)C)[C@H](c3cc(OC)c(OC)c(OC)c3)C2)c1. The summed E-state index contributed by atoms with van der Waals surface area (Å²) < 4.78 is 21.7. The predicted molar refractivity (Wildman–Crippen MR) is 125 cm³/mol. The quantitative estimate of drug-likeness (QED) is 0.657. The summed E-state index contributed by atoms with van der Waals surface area (Å²) in [5, 5.41) is 3.00. The van der Waals surface area contributed by atoms with Gasteiger partial charge in [-0.15, -0.1) is 0 Å². The van der Waals surface area contributed by atoms with Gasteiger partial charge in [-0.25, -0.2) is 0 Å². The van der Waals surface area contributed by atoms with Crippen molar-refractivity contribution < 1.29 is 28.5 Å². The molecule has 0 spiro atoms. The minimum absolute atomic E-state index is 0.0128. The molecule has 0 bridgehead atoms. The Morgan fingerprint density at radius 1 is 0.939 bits per heavy atom. The van der Waals surface area contributed by atoms with Crippen LogP contribution in [0.15, 0.2) is 36.4 Å². The second-order valence-corrected chi connectivity index (χ2v) is 8.28. The van der Waals surface area contributed by atoms with E-state index in [9.17, 15) is 9.59 Å². The van der Waals surface area contributed by atoms with Gasteiger partial charge in [-0.3, -0.25) is 9.59 Å². The Labute approximate surface area is 194 Å². The van der Waals surface area contributed by atoms with Crippen molar-refractivity contribution in [3.63, 3.8) is 0 Å². The first-order valence-corrected chi connectivity index (χ1v) is 10.9. The van der Waals surface area contributed by atoms with Gasteiger partial charge in [-0.1, -0.05) is 6.07 Å². The summed E-state index contributed by atoms with van der Waals surface area (Å²) in [5.74, 6) is 1.19. The van der Waals surface area contributed by atoms with Crippen LogP contribution in [0, 0.1) is 5.92 Å². The Kier molecular flexibility index (Phi) is 7.68. The molecule has 0 unspecified atom stereocenters. The molecule has 178 valence electrons. The molecule has 2 aromatic carbocycles. The average molecular weight is 457 g/mol. The highest BCUT2D eigenvalue weighted by molar-refractivity contribution is 5.95. The van der Waals surface area contributed by atoms with Gasteiger partial charge < -0.3 is 29.2 Å². The van der Waals surface area contributed by atoms with Crippen molar-refractivity contribution in [3.8, 4) is 23.0 Å². The van der Waals surface area contributed by atoms with Crippen LogP contribution in [0.3, 0.4) is 0 Å². The maximum Gasteiger partial charge on any atom is 0.254 e. The van der Waals surface area contributed by atoms with Gasteiger partial charge in [-0.05, 0) is 49.7 Å². The first-order chi connectivity index (χ1) is 15.8. The van der Waals surface area contributed by atoms with Gasteiger partial charge in [0.05, 0.1) is 34.4 Å². The van der Waals surface area contributed by atoms with Gasteiger partial charge in [0.15, 0.2) is 11.5 Å². The molecule has 8 nitrogen and oxygen atoms in total. The van der Waals surface area contributed by atoms with Gasteiger partial charge in [0, 0.05) is 30.6 Å². The largest absolute Gasteiger partial charge is 0.497 e. The van der Waals surface area contributed by atoms with Gasteiger partial charge in [-0.2, -0.15) is 0 Å². The summed E-state index contributed by atoms with van der Waals surface area (Å²) in [4.78, 5) is 28.1. The van der Waals surface area contributed by atoms with E-state index in [0.29, 0.717) is 41.7 Å². The number of nitrogens with zero attached hydrogens (tertiary/aromatic N) is 1. The highest BCUT2D eigenvalue weighted by Crippen LogP contribution is 2.43. The zero-order valence-corrected chi connectivity index (χ0v) is 20.0. The van der Waals surface area contributed by atoms with Crippen LogP contribution >= 0.6 is 0 Å². The van der Waals surface area contributed by atoms with E-state index >= 15 is 0 Å². The second-order valence-electron chi connectivity index (χ2n) is 8.28. The van der Waals surface area contributed by atoms with E-state index in [-0.39, 0.29) is 23.8 Å². The van der Waals surface area contributed by atoms with Crippen molar-refractivity contribution in [2.75, 3.05) is 41.5 Å². The van der Waals surface area contributed by atoms with Crippen molar-refractivity contribution >= 4 is 11.8 Å². The van der Waals surface area contributed by atoms with E-state index < -0.39 is 5.92 Å². The standard InChI is InChI=1S/C25H32N2O6/c1-15(2)26-24(28)20-14-27(25(29)16-8-7-9-18(10-16)30-3)13-19(20)17-11-21(31-4)23(33-6)22(12-17)32-5/h7-12,15,19-20H,13-14H2,1-6H3,(H,26,28)/t19-,20-/m0/s1. The first kappa shape index (κ1) is 24.2. The van der Waals surface area contributed by atoms with Crippen LogP contribution in [0.4, 0.5) is 0 Å². The molecular formula is C25H32N2O6. The van der Waals surface area contributed by atoms with Gasteiger partial charge in [0.25, 0.3) is 5.91 Å². The van der Waals surface area contributed by atoms with E-state index in [2.05, 4.69) is 5.32 Å². The molecule has 1 aliphatic heterocycles. The molecule has 8 heteroatoms. The fraction of sp³-hybridized carbons (Fsp3) is 0.440. The molecule has 0 saturated carbocycles. The minimum Gasteiger partial charge on any atom is -0.497 e. The molecule has 0 aliphatic carbocycles. The number of ether oxygens (including phenoxy) is 4. The Morgan fingerprint density at radius 3 is 2.15 bits per heavy atom. The molecule has 1 fully saturated rings. The van der Waals surface area contributed by atoms with Gasteiger partial charge >= 0.3 is 0 Å². The smallest absolute Gasteiger partial charge is 0.254 e. The highest BCUT2D eigenvalue weighted by Gasteiger charge is 2.41. The van der Waals surface area contributed by atoms with E-state index in [0.717, 1.165) is 5.56 Å². The van der Waals surface area contributed by atoms with Crippen LogP contribution in [0.1, 0.15) is 35.7 Å². The Hall–Kier alpha value is -3.42. The van der Waals surface area contributed by atoms with Crippen molar-refractivity contribution in [1.29, 1.82) is 0 Å². The van der Waals surface area contributed by atoms with Crippen molar-refractivity contribution in [2.24, 2.45) is 5.92 Å². The zero-order chi connectivity index (χ0) is 24.1. The number of methoxy groups -OCH3 is 4. The van der Waals surface area contributed by atoms with Crippen molar-refractivity contribution in [3.05, 3.63) is 47.5 Å². The Morgan fingerprint density at radius 2 is 1.61 bits per heavy atom. The van der Waals surface area contributed by atoms with Crippen LogP contribution in [-0.2, 0) is 4.79 Å². The number of likely N-dealkylation sites (tertiary alicyclic amines) is 1. The summed E-state index contributed by atoms with van der Waals surface area (Å²) in [5.41, 5.74) is 1.36. The lowest BCUT2D eigenvalue weighted by atomic mass is 9.87. The fourth-order valence-electron chi connectivity index (χ4n) is 4.22. The third kappa shape index (κ3) is 5.16. The number of benzene rings is 2. The van der Waals surface area contributed by atoms with Crippen LogP contribution in [0.25, 0.3) is 0 Å². The van der Waals surface area contributed by atoms with Crippen LogP contribution in [0.2, 0.25) is 0 Å². The van der Waals surface area contributed by atoms with E-state index in [1.807, 2.05) is 26.0 Å². The molecule has 2 amide bonds. The molecule has 1 aliphatic rings. The second kappa shape index (κ2) is 10.5. The molecule has 1 N–H and O–H groups in total. The van der Waals surface area contributed by atoms with Crippen LogP contribution < -0.4 is 24.3 Å². The molecule has 1 heterocycles. The predicted octanol–water partition coefficient (Wildman–Crippen LogP) is 3.10. The lowest BCUT2D eigenvalue weighted by molar-refractivity contribution is -0.125. The lowest BCUT2D eigenvalue weighted by Crippen LogP contribution is -2.39. The number of nitrogens with one attached hydrogen (secondary N) is 1. The summed E-state index contributed by atoms with van der Waals surface area (Å²) >= 11 is 0. The van der Waals surface area contributed by atoms with Crippen LogP contribution in [-0.4, -0.2) is 64.3 Å². The monoisotopic (exact) mass is 456 g/mol. The Balaban J connectivity index is 1.99. The molecule has 2 aromatic rings. The maximum atomic E-state index is 13.3. The summed E-state index contributed by atoms with van der Waals surface area (Å²) in [6, 6.07) is 10.7. The van der Waals surface area contributed by atoms with E-state index in [1.165, 1.54) is 0 Å². The molecule has 1 saturated heterocycles. The summed E-state index contributed by atoms with van der Waals surface area (Å²) in [6.07, 6.45) is 0. The zero-order valence-electron chi connectivity index (χ0n) is 20.0. The molecule has 2 atom stereocenters. The normalized spacial score (nSPS) is 17.6. The number of hydrogen-bond acceptors (Lipinski definition) is 6.